The molecule has 4 aromatic rings. The molecule has 3 aromatic carbocycles. The van der Waals surface area contributed by atoms with Gasteiger partial charge in [0, 0.05) is 0 Å². The van der Waals surface area contributed by atoms with Crippen molar-refractivity contribution in [1.29, 1.82) is 0 Å². The minimum atomic E-state index is -0.881. The van der Waals surface area contributed by atoms with Gasteiger partial charge < -0.3 is 28.4 Å². The monoisotopic (exact) mass is 812 g/mol. The lowest BCUT2D eigenvalue weighted by Gasteiger charge is -2.25. The third-order valence-electron chi connectivity index (χ3n) is 7.73. The van der Waals surface area contributed by atoms with Crippen molar-refractivity contribution in [3.05, 3.63) is 111 Å². The first-order valence-electron chi connectivity index (χ1n) is 15.8. The van der Waals surface area contributed by atoms with Crippen molar-refractivity contribution < 1.29 is 38.0 Å². The summed E-state index contributed by atoms with van der Waals surface area (Å²) in [6.45, 7) is 7.78. The van der Waals surface area contributed by atoms with E-state index in [2.05, 4.69) is 27.6 Å². The molecular formula is C37H37IN2O9S. The Labute approximate surface area is 306 Å². The number of esters is 2. The molecule has 0 spiro atoms. The van der Waals surface area contributed by atoms with Gasteiger partial charge in [0.15, 0.2) is 34.4 Å². The number of methoxy groups -OCH3 is 2. The SMILES string of the molecule is CCOC(=O)C1=C(C)N=c2s/c(=C\c3cc(I)c(OCc4ccc(C)cc4)c(OC)c3)c(=O)n2[C@@H]1c1ccc(OCC(=O)OC)c(OCC)c1. The maximum absolute atomic E-state index is 14.3. The number of rotatable bonds is 13. The lowest BCUT2D eigenvalue weighted by molar-refractivity contribution is -0.143. The van der Waals surface area contributed by atoms with Crippen LogP contribution in [0.15, 0.2) is 75.7 Å². The van der Waals surface area contributed by atoms with E-state index in [-0.39, 0.29) is 24.3 Å². The van der Waals surface area contributed by atoms with Gasteiger partial charge in [0.25, 0.3) is 5.56 Å². The molecule has 0 amide bonds. The van der Waals surface area contributed by atoms with Crippen molar-refractivity contribution in [3.8, 4) is 23.0 Å². The van der Waals surface area contributed by atoms with Gasteiger partial charge in [-0.15, -0.1) is 0 Å². The number of halogens is 1. The van der Waals surface area contributed by atoms with E-state index >= 15 is 0 Å². The van der Waals surface area contributed by atoms with Crippen LogP contribution >= 0.6 is 33.9 Å². The summed E-state index contributed by atoms with van der Waals surface area (Å²) in [4.78, 5) is 44.5. The first-order valence-corrected chi connectivity index (χ1v) is 17.7. The quantitative estimate of drug-likeness (QED) is 0.132. The standard InChI is InChI=1S/C37H37IN2O9S/c1-7-46-28-18-25(13-14-27(28)48-20-31(41)45-6)33-32(36(43)47-8-2)22(4)39-37-40(33)35(42)30(50-37)17-24-15-26(38)34(29(16-24)44-5)49-19-23-11-9-21(3)10-12-23/h9-18,33H,7-8,19-20H2,1-6H3/b30-17-/t33-/m1/s1. The highest BCUT2D eigenvalue weighted by Crippen LogP contribution is 2.37. The van der Waals surface area contributed by atoms with Gasteiger partial charge in [-0.2, -0.15) is 0 Å². The molecule has 50 heavy (non-hydrogen) atoms. The Balaban J connectivity index is 1.58. The second-order valence-corrected chi connectivity index (χ2v) is 13.3. The van der Waals surface area contributed by atoms with Crippen LogP contribution in [0.3, 0.4) is 0 Å². The first-order chi connectivity index (χ1) is 24.1. The van der Waals surface area contributed by atoms with Crippen LogP contribution in [0.25, 0.3) is 6.08 Å². The number of carbonyl (C=O) groups excluding carboxylic acids is 2. The third-order valence-corrected chi connectivity index (χ3v) is 9.51. The molecule has 0 saturated carbocycles. The average molecular weight is 813 g/mol. The van der Waals surface area contributed by atoms with Crippen LogP contribution in [-0.2, 0) is 25.7 Å². The number of thiazole rings is 1. The fourth-order valence-corrected chi connectivity index (χ4v) is 7.17. The topological polar surface area (TPSA) is 124 Å². The summed E-state index contributed by atoms with van der Waals surface area (Å²) in [6.07, 6.45) is 1.77. The number of hydrogen-bond donors (Lipinski definition) is 0. The molecule has 11 nitrogen and oxygen atoms in total. The zero-order valence-electron chi connectivity index (χ0n) is 28.5. The molecule has 0 aliphatic carbocycles. The summed E-state index contributed by atoms with van der Waals surface area (Å²) >= 11 is 3.41. The van der Waals surface area contributed by atoms with Crippen LogP contribution in [0, 0.1) is 10.5 Å². The Bertz CT molecular complexity index is 2120. The largest absolute Gasteiger partial charge is 0.493 e. The number of allylic oxidation sites excluding steroid dienone is 1. The Morgan fingerprint density at radius 1 is 0.940 bits per heavy atom. The molecule has 0 bridgehead atoms. The van der Waals surface area contributed by atoms with Gasteiger partial charge in [-0.1, -0.05) is 47.2 Å². The summed E-state index contributed by atoms with van der Waals surface area (Å²) in [6, 6.07) is 16.0. The number of nitrogens with zero attached hydrogens (tertiary/aromatic N) is 2. The molecule has 1 aliphatic rings. The number of aryl methyl sites for hydroxylation is 1. The van der Waals surface area contributed by atoms with Gasteiger partial charge in [0.05, 0.1) is 52.8 Å². The van der Waals surface area contributed by atoms with Gasteiger partial charge in [-0.05, 0) is 97.3 Å². The predicted octanol–water partition coefficient (Wildman–Crippen LogP) is 5.25. The van der Waals surface area contributed by atoms with Gasteiger partial charge in [0.1, 0.15) is 6.61 Å². The lowest BCUT2D eigenvalue weighted by Crippen LogP contribution is -2.40. The molecular weight excluding hydrogens is 775 g/mol. The summed E-state index contributed by atoms with van der Waals surface area (Å²) in [7, 11) is 2.85. The van der Waals surface area contributed by atoms with E-state index in [4.69, 9.17) is 28.4 Å². The lowest BCUT2D eigenvalue weighted by atomic mass is 9.95. The smallest absolute Gasteiger partial charge is 0.343 e. The number of ether oxygens (including phenoxy) is 6. The van der Waals surface area contributed by atoms with Crippen molar-refractivity contribution in [2.24, 2.45) is 4.99 Å². The predicted molar refractivity (Wildman–Crippen MR) is 197 cm³/mol. The molecule has 1 aromatic heterocycles. The first kappa shape index (κ1) is 36.6. The van der Waals surface area contributed by atoms with Crippen LogP contribution in [0.4, 0.5) is 0 Å². The van der Waals surface area contributed by atoms with E-state index in [1.807, 2.05) is 50.2 Å². The van der Waals surface area contributed by atoms with E-state index < -0.39 is 18.0 Å². The second-order valence-electron chi connectivity index (χ2n) is 11.1. The van der Waals surface area contributed by atoms with Crippen LogP contribution in [0.2, 0.25) is 0 Å². The molecule has 0 saturated heterocycles. The third kappa shape index (κ3) is 8.05. The van der Waals surface area contributed by atoms with Gasteiger partial charge >= 0.3 is 11.9 Å². The normalized spacial score (nSPS) is 14.1. The van der Waals surface area contributed by atoms with Crippen LogP contribution in [0.5, 0.6) is 23.0 Å². The number of benzene rings is 3. The highest BCUT2D eigenvalue weighted by Gasteiger charge is 2.34. The Kier molecular flexibility index (Phi) is 12.0. The second kappa shape index (κ2) is 16.4. The van der Waals surface area contributed by atoms with E-state index in [0.29, 0.717) is 56.8 Å². The summed E-state index contributed by atoms with van der Waals surface area (Å²) in [5, 5.41) is 0. The van der Waals surface area contributed by atoms with Gasteiger partial charge in [-0.25, -0.2) is 14.6 Å². The van der Waals surface area contributed by atoms with Gasteiger partial charge in [-0.3, -0.25) is 9.36 Å². The summed E-state index contributed by atoms with van der Waals surface area (Å²) in [5.41, 5.74) is 3.80. The zero-order valence-corrected chi connectivity index (χ0v) is 31.5. The van der Waals surface area contributed by atoms with Crippen molar-refractivity contribution in [3.63, 3.8) is 0 Å². The van der Waals surface area contributed by atoms with E-state index in [0.717, 1.165) is 14.7 Å². The van der Waals surface area contributed by atoms with Crippen LogP contribution in [-0.4, -0.2) is 50.5 Å². The maximum Gasteiger partial charge on any atom is 0.343 e. The van der Waals surface area contributed by atoms with Crippen molar-refractivity contribution in [2.75, 3.05) is 34.0 Å². The van der Waals surface area contributed by atoms with Crippen LogP contribution in [0.1, 0.15) is 49.1 Å². The van der Waals surface area contributed by atoms with Crippen molar-refractivity contribution >= 4 is 51.9 Å². The highest BCUT2D eigenvalue weighted by atomic mass is 127. The molecule has 0 N–H and O–H groups in total. The number of carbonyl (C=O) groups is 2. The number of hydrogen-bond acceptors (Lipinski definition) is 11. The molecule has 262 valence electrons. The molecule has 0 unspecified atom stereocenters. The molecule has 0 radical (unpaired) electrons. The number of aromatic nitrogens is 1. The van der Waals surface area contributed by atoms with E-state index in [1.54, 1.807) is 45.2 Å². The van der Waals surface area contributed by atoms with E-state index in [1.165, 1.54) is 28.6 Å². The fraction of sp³-hybridized carbons (Fsp3) is 0.297. The Morgan fingerprint density at radius 2 is 1.70 bits per heavy atom. The fourth-order valence-electron chi connectivity index (χ4n) is 5.34. The molecule has 0 fully saturated rings. The summed E-state index contributed by atoms with van der Waals surface area (Å²) < 4.78 is 36.2. The number of fused-ring (bicyclic) bond motifs is 1. The average Bonchev–Trinajstić information content (AvgIpc) is 3.40. The van der Waals surface area contributed by atoms with E-state index in [9.17, 15) is 14.4 Å². The molecule has 1 atom stereocenters. The van der Waals surface area contributed by atoms with Gasteiger partial charge in [0.2, 0.25) is 0 Å². The summed E-state index contributed by atoms with van der Waals surface area (Å²) in [5.74, 6) is 0.633. The Hall–Kier alpha value is -4.63. The highest BCUT2D eigenvalue weighted by molar-refractivity contribution is 14.1. The van der Waals surface area contributed by atoms with Crippen molar-refractivity contribution in [1.82, 2.24) is 4.57 Å². The Morgan fingerprint density at radius 3 is 2.38 bits per heavy atom. The molecule has 2 heterocycles. The maximum atomic E-state index is 14.3. The van der Waals surface area contributed by atoms with Crippen molar-refractivity contribution in [2.45, 2.75) is 40.3 Å². The molecule has 13 heteroatoms. The zero-order chi connectivity index (χ0) is 35.9. The molecule has 1 aliphatic heterocycles. The minimum Gasteiger partial charge on any atom is -0.493 e. The minimum absolute atomic E-state index is 0.141. The van der Waals surface area contributed by atoms with Crippen LogP contribution < -0.4 is 33.8 Å². The molecule has 5 rings (SSSR count).